The van der Waals surface area contributed by atoms with Crippen LogP contribution in [0.3, 0.4) is 0 Å². The van der Waals surface area contributed by atoms with Crippen LogP contribution >= 0.6 is 0 Å². The predicted molar refractivity (Wildman–Crippen MR) is 83.8 cm³/mol. The number of carbonyl (C=O) groups is 1. The third-order valence-electron chi connectivity index (χ3n) is 4.15. The summed E-state index contributed by atoms with van der Waals surface area (Å²) in [6.45, 7) is 1.26. The summed E-state index contributed by atoms with van der Waals surface area (Å²) in [5, 5.41) is 9.55. The summed E-state index contributed by atoms with van der Waals surface area (Å²) in [6.07, 6.45) is 0.551. The Bertz CT molecular complexity index is 684. The summed E-state index contributed by atoms with van der Waals surface area (Å²) < 4.78 is 5.24. The van der Waals surface area contributed by atoms with Crippen LogP contribution in [-0.2, 0) is 24.3 Å². The second kappa shape index (κ2) is 6.20. The fourth-order valence-electron chi connectivity index (χ4n) is 2.99. The Morgan fingerprint density at radius 3 is 2.73 bits per heavy atom. The number of fused-ring (bicyclic) bond motifs is 1. The lowest BCUT2D eigenvalue weighted by atomic mass is 9.93. The number of hydrogen-bond donors (Lipinski definition) is 1. The maximum Gasteiger partial charge on any atom is 0.321 e. The van der Waals surface area contributed by atoms with Crippen molar-refractivity contribution >= 4 is 5.97 Å². The molecule has 0 bridgehead atoms. The number of nitrogens with zero attached hydrogens (tertiary/aromatic N) is 1. The topological polar surface area (TPSA) is 49.8 Å². The predicted octanol–water partition coefficient (Wildman–Crippen LogP) is 2.71. The Labute approximate surface area is 130 Å². The molecule has 1 unspecified atom stereocenters. The molecule has 0 radical (unpaired) electrons. The van der Waals surface area contributed by atoms with Gasteiger partial charge in [-0.05, 0) is 35.2 Å². The lowest BCUT2D eigenvalue weighted by Crippen LogP contribution is -2.44. The Kier molecular flexibility index (Phi) is 4.11. The smallest absolute Gasteiger partial charge is 0.321 e. The van der Waals surface area contributed by atoms with Crippen LogP contribution in [0.15, 0.2) is 48.5 Å². The molecule has 2 aromatic rings. The van der Waals surface area contributed by atoms with E-state index in [1.807, 2.05) is 47.4 Å². The van der Waals surface area contributed by atoms with E-state index in [4.69, 9.17) is 4.74 Å². The highest BCUT2D eigenvalue weighted by Gasteiger charge is 2.31. The van der Waals surface area contributed by atoms with Crippen molar-refractivity contribution < 1.29 is 14.6 Å². The van der Waals surface area contributed by atoms with Crippen molar-refractivity contribution in [3.63, 3.8) is 0 Å². The largest absolute Gasteiger partial charge is 0.497 e. The molecule has 1 heterocycles. The Morgan fingerprint density at radius 1 is 1.23 bits per heavy atom. The molecule has 0 fully saturated rings. The molecule has 0 saturated heterocycles. The molecule has 3 rings (SSSR count). The summed E-state index contributed by atoms with van der Waals surface area (Å²) >= 11 is 0. The van der Waals surface area contributed by atoms with Crippen LogP contribution in [0.4, 0.5) is 0 Å². The summed E-state index contributed by atoms with van der Waals surface area (Å²) in [5.74, 6) is 0.0270. The normalized spacial score (nSPS) is 17.8. The van der Waals surface area contributed by atoms with E-state index >= 15 is 0 Å². The van der Waals surface area contributed by atoms with Gasteiger partial charge in [0, 0.05) is 13.1 Å². The molecule has 0 spiro atoms. The summed E-state index contributed by atoms with van der Waals surface area (Å²) in [4.78, 5) is 13.6. The molecule has 1 atom stereocenters. The standard InChI is InChI=1S/C18H19NO3/c1-22-16-8-4-5-13(9-16)11-19-12-15-7-3-2-6-14(15)10-17(19)18(20)21/h2-9,17H,10-12H2,1H3,(H,20,21). The monoisotopic (exact) mass is 297 g/mol. The van der Waals surface area contributed by atoms with Gasteiger partial charge in [-0.15, -0.1) is 0 Å². The third-order valence-corrected chi connectivity index (χ3v) is 4.15. The molecule has 0 saturated carbocycles. The highest BCUT2D eigenvalue weighted by Crippen LogP contribution is 2.26. The fourth-order valence-corrected chi connectivity index (χ4v) is 2.99. The number of carboxylic acid groups (broad SMARTS) is 1. The molecule has 22 heavy (non-hydrogen) atoms. The number of hydrogen-bond acceptors (Lipinski definition) is 3. The van der Waals surface area contributed by atoms with E-state index in [9.17, 15) is 9.90 Å². The first-order valence-corrected chi connectivity index (χ1v) is 7.34. The van der Waals surface area contributed by atoms with Gasteiger partial charge in [-0.1, -0.05) is 36.4 Å². The molecule has 0 aliphatic carbocycles. The number of benzene rings is 2. The molecule has 0 aromatic heterocycles. The quantitative estimate of drug-likeness (QED) is 0.942. The van der Waals surface area contributed by atoms with Gasteiger partial charge >= 0.3 is 5.97 Å². The van der Waals surface area contributed by atoms with E-state index in [-0.39, 0.29) is 0 Å². The maximum absolute atomic E-state index is 11.6. The minimum atomic E-state index is -0.766. The van der Waals surface area contributed by atoms with Crippen LogP contribution in [-0.4, -0.2) is 29.1 Å². The molecular weight excluding hydrogens is 278 g/mol. The zero-order valence-corrected chi connectivity index (χ0v) is 12.5. The van der Waals surface area contributed by atoms with Crippen LogP contribution in [0, 0.1) is 0 Å². The highest BCUT2D eigenvalue weighted by atomic mass is 16.5. The maximum atomic E-state index is 11.6. The second-order valence-corrected chi connectivity index (χ2v) is 5.58. The number of ether oxygens (including phenoxy) is 1. The molecule has 2 aromatic carbocycles. The van der Waals surface area contributed by atoms with Crippen LogP contribution in [0.2, 0.25) is 0 Å². The minimum absolute atomic E-state index is 0.485. The molecule has 114 valence electrons. The number of aliphatic carboxylic acids is 1. The number of carboxylic acids is 1. The van der Waals surface area contributed by atoms with Gasteiger partial charge in [0.1, 0.15) is 11.8 Å². The second-order valence-electron chi connectivity index (χ2n) is 5.58. The van der Waals surface area contributed by atoms with Gasteiger partial charge in [-0.2, -0.15) is 0 Å². The summed E-state index contributed by atoms with van der Waals surface area (Å²) in [7, 11) is 1.64. The fraction of sp³-hybridized carbons (Fsp3) is 0.278. The Balaban J connectivity index is 1.86. The van der Waals surface area contributed by atoms with Crippen molar-refractivity contribution in [3.05, 3.63) is 65.2 Å². The van der Waals surface area contributed by atoms with Crippen molar-refractivity contribution in [2.24, 2.45) is 0 Å². The van der Waals surface area contributed by atoms with Crippen molar-refractivity contribution in [1.82, 2.24) is 4.90 Å². The van der Waals surface area contributed by atoms with Crippen LogP contribution in [0.25, 0.3) is 0 Å². The summed E-state index contributed by atoms with van der Waals surface area (Å²) in [5.41, 5.74) is 3.41. The highest BCUT2D eigenvalue weighted by molar-refractivity contribution is 5.74. The van der Waals surface area contributed by atoms with Gasteiger partial charge in [0.2, 0.25) is 0 Å². The van der Waals surface area contributed by atoms with E-state index in [0.29, 0.717) is 19.5 Å². The first-order valence-electron chi connectivity index (χ1n) is 7.34. The van der Waals surface area contributed by atoms with Crippen LogP contribution in [0.1, 0.15) is 16.7 Å². The average molecular weight is 297 g/mol. The lowest BCUT2D eigenvalue weighted by Gasteiger charge is -2.34. The molecule has 1 aliphatic heterocycles. The zero-order chi connectivity index (χ0) is 15.5. The number of rotatable bonds is 4. The molecule has 4 heteroatoms. The average Bonchev–Trinajstić information content (AvgIpc) is 2.54. The first kappa shape index (κ1) is 14.6. The van der Waals surface area contributed by atoms with Gasteiger partial charge in [-0.3, -0.25) is 9.69 Å². The SMILES string of the molecule is COc1cccc(CN2Cc3ccccc3CC2C(=O)O)c1. The van der Waals surface area contributed by atoms with E-state index in [1.54, 1.807) is 7.11 Å². The van der Waals surface area contributed by atoms with Crippen LogP contribution < -0.4 is 4.74 Å². The molecule has 0 amide bonds. The Hall–Kier alpha value is -2.33. The van der Waals surface area contributed by atoms with E-state index in [1.165, 1.54) is 5.56 Å². The van der Waals surface area contributed by atoms with Crippen LogP contribution in [0.5, 0.6) is 5.75 Å². The lowest BCUT2D eigenvalue weighted by molar-refractivity contribution is -0.144. The van der Waals surface area contributed by atoms with Gasteiger partial charge < -0.3 is 9.84 Å². The third kappa shape index (κ3) is 2.97. The molecule has 1 aliphatic rings. The molecule has 1 N–H and O–H groups in total. The summed E-state index contributed by atoms with van der Waals surface area (Å²) in [6, 6.07) is 15.4. The Morgan fingerprint density at radius 2 is 2.00 bits per heavy atom. The van der Waals surface area contributed by atoms with Gasteiger partial charge in [0.25, 0.3) is 0 Å². The minimum Gasteiger partial charge on any atom is -0.497 e. The molecular formula is C18H19NO3. The van der Waals surface area contributed by atoms with Crippen molar-refractivity contribution in [2.75, 3.05) is 7.11 Å². The van der Waals surface area contributed by atoms with Crippen molar-refractivity contribution in [2.45, 2.75) is 25.6 Å². The van der Waals surface area contributed by atoms with Gasteiger partial charge in [0.05, 0.1) is 7.11 Å². The van der Waals surface area contributed by atoms with E-state index in [2.05, 4.69) is 6.07 Å². The van der Waals surface area contributed by atoms with Crippen molar-refractivity contribution in [3.8, 4) is 5.75 Å². The van der Waals surface area contributed by atoms with E-state index in [0.717, 1.165) is 16.9 Å². The number of methoxy groups -OCH3 is 1. The van der Waals surface area contributed by atoms with Crippen molar-refractivity contribution in [1.29, 1.82) is 0 Å². The first-order chi connectivity index (χ1) is 10.7. The van der Waals surface area contributed by atoms with E-state index < -0.39 is 12.0 Å². The van der Waals surface area contributed by atoms with Gasteiger partial charge in [0.15, 0.2) is 0 Å². The zero-order valence-electron chi connectivity index (χ0n) is 12.5. The van der Waals surface area contributed by atoms with Gasteiger partial charge in [-0.25, -0.2) is 0 Å². The molecule has 4 nitrogen and oxygen atoms in total.